The van der Waals surface area contributed by atoms with Gasteiger partial charge in [-0.25, -0.2) is 0 Å². The van der Waals surface area contributed by atoms with Gasteiger partial charge in [-0.15, -0.1) is 0 Å². The Kier molecular flexibility index (Phi) is 4.49. The maximum atomic E-state index is 12.8. The summed E-state index contributed by atoms with van der Waals surface area (Å²) < 4.78 is 6.84. The summed E-state index contributed by atoms with van der Waals surface area (Å²) in [5, 5.41) is 31.2. The SMILES string of the molecule is CC1CCC2C(C)(C)C(O)CCC2(C)C12Cc1c(cc3c(c1O)CN(CCO)C3=O)O2. The number of aromatic hydroxyl groups is 1. The Balaban J connectivity index is 1.57. The molecule has 1 aromatic rings. The maximum absolute atomic E-state index is 12.8. The maximum Gasteiger partial charge on any atom is 0.254 e. The molecular formula is C25H35NO5. The average molecular weight is 430 g/mol. The number of hydrogen-bond acceptors (Lipinski definition) is 5. The zero-order valence-electron chi connectivity index (χ0n) is 19.1. The van der Waals surface area contributed by atoms with Crippen LogP contribution in [0.1, 0.15) is 74.9 Å². The number of rotatable bonds is 2. The first-order valence-corrected chi connectivity index (χ1v) is 11.7. The van der Waals surface area contributed by atoms with Gasteiger partial charge in [-0.2, -0.15) is 0 Å². The number of aliphatic hydroxyl groups excluding tert-OH is 2. The largest absolute Gasteiger partial charge is 0.507 e. The van der Waals surface area contributed by atoms with Gasteiger partial charge in [-0.05, 0) is 49.0 Å². The third kappa shape index (κ3) is 2.55. The third-order valence-electron chi connectivity index (χ3n) is 9.55. The number of β-amino-alcohol motifs (C(OH)–C–C–N with tert-alkyl or cyclic N) is 1. The fourth-order valence-corrected chi connectivity index (χ4v) is 7.61. The number of phenols is 1. The standard InChI is InChI=1S/C25H35NO5/c1-14-5-6-19-23(2,3)20(28)7-8-24(19,4)25(14)12-16-18(31-25)11-15-17(21(16)29)13-26(9-10-27)22(15)30/h11,14,19-20,27-29H,5-10,12-13H2,1-4H3. The molecule has 0 aromatic heterocycles. The molecule has 2 aliphatic carbocycles. The normalized spacial score (nSPS) is 38.1. The van der Waals surface area contributed by atoms with Crippen molar-refractivity contribution in [2.75, 3.05) is 13.2 Å². The second-order valence-corrected chi connectivity index (χ2v) is 11.2. The number of carbonyl (C=O) groups is 1. The van der Waals surface area contributed by atoms with E-state index in [2.05, 4.69) is 27.7 Å². The minimum Gasteiger partial charge on any atom is -0.507 e. The van der Waals surface area contributed by atoms with Gasteiger partial charge in [0.2, 0.25) is 0 Å². The van der Waals surface area contributed by atoms with Crippen LogP contribution in [0.25, 0.3) is 0 Å². The predicted molar refractivity (Wildman–Crippen MR) is 116 cm³/mol. The van der Waals surface area contributed by atoms with Gasteiger partial charge in [0.25, 0.3) is 5.91 Å². The van der Waals surface area contributed by atoms with Crippen molar-refractivity contribution in [3.05, 3.63) is 22.8 Å². The number of benzene rings is 1. The number of nitrogens with zero attached hydrogens (tertiary/aromatic N) is 1. The summed E-state index contributed by atoms with van der Waals surface area (Å²) in [6, 6.07) is 1.82. The lowest BCUT2D eigenvalue weighted by Crippen LogP contribution is -2.66. The van der Waals surface area contributed by atoms with Gasteiger partial charge in [0.15, 0.2) is 0 Å². The van der Waals surface area contributed by atoms with E-state index in [1.54, 1.807) is 4.90 Å². The average Bonchev–Trinajstić information content (AvgIpc) is 3.25. The Morgan fingerprint density at radius 2 is 1.94 bits per heavy atom. The number of carbonyl (C=O) groups excluding carboxylic acids is 1. The van der Waals surface area contributed by atoms with E-state index in [1.807, 2.05) is 6.07 Å². The van der Waals surface area contributed by atoms with Crippen LogP contribution in [0.5, 0.6) is 11.5 Å². The van der Waals surface area contributed by atoms with Gasteiger partial charge in [0.05, 0.1) is 24.8 Å². The summed E-state index contributed by atoms with van der Waals surface area (Å²) in [7, 11) is 0. The van der Waals surface area contributed by atoms with Crippen LogP contribution in [0, 0.1) is 22.7 Å². The van der Waals surface area contributed by atoms with Gasteiger partial charge in [-0.3, -0.25) is 4.79 Å². The van der Waals surface area contributed by atoms with Gasteiger partial charge in [0.1, 0.15) is 17.1 Å². The molecule has 31 heavy (non-hydrogen) atoms. The Bertz CT molecular complexity index is 942. The molecule has 1 amide bonds. The highest BCUT2D eigenvalue weighted by atomic mass is 16.5. The van der Waals surface area contributed by atoms with E-state index >= 15 is 0 Å². The second kappa shape index (κ2) is 6.61. The van der Waals surface area contributed by atoms with Crippen LogP contribution in [-0.4, -0.2) is 51.0 Å². The number of aliphatic hydroxyl groups is 2. The highest BCUT2D eigenvalue weighted by Crippen LogP contribution is 2.66. The number of fused-ring (bicyclic) bond motifs is 4. The van der Waals surface area contributed by atoms with Crippen LogP contribution in [-0.2, 0) is 13.0 Å². The highest BCUT2D eigenvalue weighted by Gasteiger charge is 2.67. The first-order valence-electron chi connectivity index (χ1n) is 11.7. The molecule has 3 N–H and O–H groups in total. The molecule has 0 bridgehead atoms. The molecule has 6 heteroatoms. The molecule has 2 fully saturated rings. The van der Waals surface area contributed by atoms with Crippen molar-refractivity contribution in [1.82, 2.24) is 4.90 Å². The summed E-state index contributed by atoms with van der Waals surface area (Å²) in [4.78, 5) is 14.4. The summed E-state index contributed by atoms with van der Waals surface area (Å²) in [5.41, 5.74) is 1.19. The van der Waals surface area contributed by atoms with E-state index in [0.717, 1.165) is 31.2 Å². The van der Waals surface area contributed by atoms with Gasteiger partial charge >= 0.3 is 0 Å². The number of ether oxygens (including phenoxy) is 1. The minimum absolute atomic E-state index is 0.0985. The molecular weight excluding hydrogens is 394 g/mol. The summed E-state index contributed by atoms with van der Waals surface area (Å²) in [6.07, 6.45) is 4.06. The summed E-state index contributed by atoms with van der Waals surface area (Å²) in [5.74, 6) is 1.29. The molecule has 170 valence electrons. The van der Waals surface area contributed by atoms with Crippen molar-refractivity contribution in [2.45, 2.75) is 78.0 Å². The van der Waals surface area contributed by atoms with Crippen LogP contribution >= 0.6 is 0 Å². The van der Waals surface area contributed by atoms with Gasteiger partial charge in [0, 0.05) is 29.5 Å². The van der Waals surface area contributed by atoms with Crippen LogP contribution in [0.3, 0.4) is 0 Å². The Hall–Kier alpha value is -1.79. The fraction of sp³-hybridized carbons (Fsp3) is 0.720. The molecule has 1 spiro atoms. The molecule has 2 aliphatic heterocycles. The molecule has 0 saturated heterocycles. The van der Waals surface area contributed by atoms with Crippen molar-refractivity contribution in [2.24, 2.45) is 22.7 Å². The number of amides is 1. The summed E-state index contributed by atoms with van der Waals surface area (Å²) >= 11 is 0. The summed E-state index contributed by atoms with van der Waals surface area (Å²) in [6.45, 7) is 9.44. The Labute approximate surface area is 184 Å². The monoisotopic (exact) mass is 429 g/mol. The van der Waals surface area contributed by atoms with E-state index < -0.39 is 5.60 Å². The number of phenolic OH excluding ortho intramolecular Hbond substituents is 1. The van der Waals surface area contributed by atoms with Gasteiger partial charge < -0.3 is 25.0 Å². The van der Waals surface area contributed by atoms with E-state index in [4.69, 9.17) is 4.74 Å². The van der Waals surface area contributed by atoms with Crippen LogP contribution in [0.15, 0.2) is 6.07 Å². The van der Waals surface area contributed by atoms with E-state index in [0.29, 0.717) is 41.7 Å². The van der Waals surface area contributed by atoms with Crippen molar-refractivity contribution in [1.29, 1.82) is 0 Å². The quantitative estimate of drug-likeness (QED) is 0.671. The van der Waals surface area contributed by atoms with Crippen molar-refractivity contribution in [3.63, 3.8) is 0 Å². The molecule has 2 heterocycles. The zero-order valence-corrected chi connectivity index (χ0v) is 19.1. The molecule has 5 unspecified atom stereocenters. The van der Waals surface area contributed by atoms with Crippen molar-refractivity contribution in [3.8, 4) is 11.5 Å². The molecule has 1 aromatic carbocycles. The van der Waals surface area contributed by atoms with Crippen molar-refractivity contribution >= 4 is 5.91 Å². The Morgan fingerprint density at radius 1 is 1.19 bits per heavy atom. The first kappa shape index (κ1) is 21.1. The van der Waals surface area contributed by atoms with Crippen LogP contribution < -0.4 is 4.74 Å². The third-order valence-corrected chi connectivity index (χ3v) is 9.55. The van der Waals surface area contributed by atoms with Crippen LogP contribution in [0.4, 0.5) is 0 Å². The topological polar surface area (TPSA) is 90.2 Å². The molecule has 5 rings (SSSR count). The highest BCUT2D eigenvalue weighted by molar-refractivity contribution is 6.00. The second-order valence-electron chi connectivity index (χ2n) is 11.2. The van der Waals surface area contributed by atoms with Gasteiger partial charge in [-0.1, -0.05) is 27.7 Å². The first-order chi connectivity index (χ1) is 14.6. The molecule has 0 radical (unpaired) electrons. The zero-order chi connectivity index (χ0) is 22.3. The fourth-order valence-electron chi connectivity index (χ4n) is 7.61. The van der Waals surface area contributed by atoms with Crippen molar-refractivity contribution < 1.29 is 24.9 Å². The number of hydrogen-bond donors (Lipinski definition) is 3. The Morgan fingerprint density at radius 3 is 2.65 bits per heavy atom. The predicted octanol–water partition coefficient (Wildman–Crippen LogP) is 3.25. The molecule has 2 saturated carbocycles. The van der Waals surface area contributed by atoms with E-state index in [1.165, 1.54) is 0 Å². The smallest absolute Gasteiger partial charge is 0.254 e. The van der Waals surface area contributed by atoms with E-state index in [-0.39, 0.29) is 41.7 Å². The lowest BCUT2D eigenvalue weighted by atomic mass is 9.43. The lowest BCUT2D eigenvalue weighted by molar-refractivity contribution is -0.210. The lowest BCUT2D eigenvalue weighted by Gasteiger charge is -2.64. The molecule has 5 atom stereocenters. The molecule has 6 nitrogen and oxygen atoms in total. The van der Waals surface area contributed by atoms with Crippen LogP contribution in [0.2, 0.25) is 0 Å². The van der Waals surface area contributed by atoms with E-state index in [9.17, 15) is 20.1 Å². The molecule has 4 aliphatic rings. The minimum atomic E-state index is -0.448.